The van der Waals surface area contributed by atoms with Gasteiger partial charge in [-0.05, 0) is 44.9 Å². The van der Waals surface area contributed by atoms with Gasteiger partial charge in [0.05, 0.1) is 6.54 Å². The lowest BCUT2D eigenvalue weighted by atomic mass is 10.3. The molecule has 9 nitrogen and oxygen atoms in total. The van der Waals surface area contributed by atoms with Gasteiger partial charge in [0.15, 0.2) is 5.69 Å². The van der Waals surface area contributed by atoms with E-state index in [1.54, 1.807) is 29.2 Å². The molecule has 0 saturated carbocycles. The van der Waals surface area contributed by atoms with Crippen LogP contribution in [0.1, 0.15) is 43.1 Å². The predicted octanol–water partition coefficient (Wildman–Crippen LogP) is 3.95. The van der Waals surface area contributed by atoms with E-state index in [0.29, 0.717) is 63.1 Å². The third kappa shape index (κ3) is 9.25. The molecule has 0 saturated heterocycles. The Kier molecular flexibility index (Phi) is 11.6. The summed E-state index contributed by atoms with van der Waals surface area (Å²) in [7, 11) is 0. The maximum absolute atomic E-state index is 12.8. The summed E-state index contributed by atoms with van der Waals surface area (Å²) < 4.78 is 16.0. The molecule has 0 aliphatic heterocycles. The van der Waals surface area contributed by atoms with Gasteiger partial charge < -0.3 is 29.4 Å². The molecule has 10 heteroatoms. The molecule has 2 rings (SSSR count). The molecule has 2 N–H and O–H groups in total. The fourth-order valence-corrected chi connectivity index (χ4v) is 2.98. The highest BCUT2D eigenvalue weighted by Crippen LogP contribution is 2.16. The van der Waals surface area contributed by atoms with Gasteiger partial charge in [-0.25, -0.2) is 9.78 Å². The first-order chi connectivity index (χ1) is 15.5. The second kappa shape index (κ2) is 14.4. The number of amides is 3. The Labute approximate surface area is 193 Å². The van der Waals surface area contributed by atoms with E-state index in [0.717, 1.165) is 0 Å². The van der Waals surface area contributed by atoms with Crippen molar-refractivity contribution in [1.82, 2.24) is 15.2 Å². The Hall–Kier alpha value is -2.62. The monoisotopic (exact) mass is 466 g/mol. The van der Waals surface area contributed by atoms with E-state index in [1.807, 2.05) is 13.8 Å². The van der Waals surface area contributed by atoms with E-state index >= 15 is 0 Å². The van der Waals surface area contributed by atoms with Crippen LogP contribution in [0.2, 0.25) is 5.02 Å². The molecule has 0 spiro atoms. The minimum absolute atomic E-state index is 0.107. The molecule has 176 valence electrons. The number of oxazole rings is 1. The second-order valence-electron chi connectivity index (χ2n) is 6.85. The summed E-state index contributed by atoms with van der Waals surface area (Å²) in [5, 5.41) is 6.11. The van der Waals surface area contributed by atoms with Crippen LogP contribution < -0.4 is 10.6 Å². The number of rotatable bonds is 14. The van der Waals surface area contributed by atoms with E-state index in [2.05, 4.69) is 15.6 Å². The van der Waals surface area contributed by atoms with Crippen LogP contribution in [0.4, 0.5) is 10.5 Å². The van der Waals surface area contributed by atoms with Crippen LogP contribution in [0.15, 0.2) is 34.9 Å². The molecule has 0 atom stereocenters. The highest BCUT2D eigenvalue weighted by molar-refractivity contribution is 6.30. The fraction of sp³-hybridized carbons (Fsp3) is 0.500. The van der Waals surface area contributed by atoms with Crippen LogP contribution in [-0.2, 0) is 16.0 Å². The molecule has 2 aromatic rings. The Bertz CT molecular complexity index is 845. The van der Waals surface area contributed by atoms with E-state index in [-0.39, 0.29) is 30.1 Å². The summed E-state index contributed by atoms with van der Waals surface area (Å²) in [5.74, 6) is -0.0649. The topological polar surface area (TPSA) is 106 Å². The highest BCUT2D eigenvalue weighted by Gasteiger charge is 2.19. The Balaban J connectivity index is 1.96. The lowest BCUT2D eigenvalue weighted by molar-refractivity contribution is 0.0939. The van der Waals surface area contributed by atoms with Crippen molar-refractivity contribution in [3.05, 3.63) is 47.1 Å². The Morgan fingerprint density at radius 2 is 1.91 bits per heavy atom. The first-order valence-corrected chi connectivity index (χ1v) is 11.1. The van der Waals surface area contributed by atoms with Crippen molar-refractivity contribution in [2.24, 2.45) is 0 Å². The minimum Gasteiger partial charge on any atom is -0.446 e. The number of ether oxygens (including phenoxy) is 2. The lowest BCUT2D eigenvalue weighted by Crippen LogP contribution is -2.36. The molecule has 0 bridgehead atoms. The Morgan fingerprint density at radius 1 is 1.16 bits per heavy atom. The van der Waals surface area contributed by atoms with Crippen LogP contribution in [0.3, 0.4) is 0 Å². The van der Waals surface area contributed by atoms with Crippen molar-refractivity contribution in [2.75, 3.05) is 44.8 Å². The van der Waals surface area contributed by atoms with Crippen LogP contribution in [-0.4, -0.2) is 61.3 Å². The van der Waals surface area contributed by atoms with Gasteiger partial charge in [-0.1, -0.05) is 17.7 Å². The molecule has 0 radical (unpaired) electrons. The predicted molar refractivity (Wildman–Crippen MR) is 122 cm³/mol. The molecule has 0 aliphatic rings. The SMILES string of the molecule is CCOCCCNC(=O)c1coc(CN(CCCOCC)C(=O)Nc2cccc(Cl)c2)n1. The van der Waals surface area contributed by atoms with Gasteiger partial charge in [0.2, 0.25) is 5.89 Å². The number of benzene rings is 1. The zero-order chi connectivity index (χ0) is 23.2. The van der Waals surface area contributed by atoms with Gasteiger partial charge in [0.1, 0.15) is 6.26 Å². The smallest absolute Gasteiger partial charge is 0.322 e. The van der Waals surface area contributed by atoms with Crippen molar-refractivity contribution >= 4 is 29.2 Å². The summed E-state index contributed by atoms with van der Waals surface area (Å²) in [5.41, 5.74) is 0.748. The number of nitrogens with zero attached hydrogens (tertiary/aromatic N) is 2. The Morgan fingerprint density at radius 3 is 2.62 bits per heavy atom. The van der Waals surface area contributed by atoms with Gasteiger partial charge in [-0.15, -0.1) is 0 Å². The van der Waals surface area contributed by atoms with Gasteiger partial charge in [0.25, 0.3) is 5.91 Å². The van der Waals surface area contributed by atoms with Gasteiger partial charge in [0, 0.05) is 50.2 Å². The average molecular weight is 467 g/mol. The molecule has 1 aromatic heterocycles. The fourth-order valence-electron chi connectivity index (χ4n) is 2.79. The van der Waals surface area contributed by atoms with Crippen molar-refractivity contribution < 1.29 is 23.5 Å². The van der Waals surface area contributed by atoms with Gasteiger partial charge in [-0.2, -0.15) is 0 Å². The molecule has 0 unspecified atom stereocenters. The molecule has 1 heterocycles. The van der Waals surface area contributed by atoms with Crippen LogP contribution >= 0.6 is 11.6 Å². The number of nitrogens with one attached hydrogen (secondary N) is 2. The summed E-state index contributed by atoms with van der Waals surface area (Å²) in [6.07, 6.45) is 2.65. The zero-order valence-corrected chi connectivity index (χ0v) is 19.3. The number of carbonyl (C=O) groups excluding carboxylic acids is 2. The normalized spacial score (nSPS) is 10.7. The lowest BCUT2D eigenvalue weighted by Gasteiger charge is -2.21. The third-order valence-electron chi connectivity index (χ3n) is 4.35. The van der Waals surface area contributed by atoms with Crippen LogP contribution in [0, 0.1) is 0 Å². The first kappa shape index (κ1) is 25.6. The third-order valence-corrected chi connectivity index (χ3v) is 4.58. The highest BCUT2D eigenvalue weighted by atomic mass is 35.5. The molecule has 0 aliphatic carbocycles. The average Bonchev–Trinajstić information content (AvgIpc) is 3.24. The quantitative estimate of drug-likeness (QED) is 0.408. The summed E-state index contributed by atoms with van der Waals surface area (Å²) in [6, 6.07) is 6.57. The maximum atomic E-state index is 12.8. The van der Waals surface area contributed by atoms with Crippen molar-refractivity contribution in [3.8, 4) is 0 Å². The summed E-state index contributed by atoms with van der Waals surface area (Å²) in [6.45, 7) is 7.21. The summed E-state index contributed by atoms with van der Waals surface area (Å²) in [4.78, 5) is 30.8. The van der Waals surface area contributed by atoms with Crippen LogP contribution in [0.25, 0.3) is 0 Å². The van der Waals surface area contributed by atoms with Gasteiger partial charge >= 0.3 is 6.03 Å². The molecule has 1 aromatic carbocycles. The largest absolute Gasteiger partial charge is 0.446 e. The minimum atomic E-state index is -0.331. The number of carbonyl (C=O) groups is 2. The zero-order valence-electron chi connectivity index (χ0n) is 18.6. The number of aromatic nitrogens is 1. The molecule has 32 heavy (non-hydrogen) atoms. The van der Waals surface area contributed by atoms with Crippen molar-refractivity contribution in [3.63, 3.8) is 0 Å². The van der Waals surface area contributed by atoms with E-state index < -0.39 is 0 Å². The van der Waals surface area contributed by atoms with Crippen molar-refractivity contribution in [2.45, 2.75) is 33.2 Å². The van der Waals surface area contributed by atoms with E-state index in [1.165, 1.54) is 6.26 Å². The first-order valence-electron chi connectivity index (χ1n) is 10.7. The molecule has 3 amide bonds. The van der Waals surface area contributed by atoms with E-state index in [4.69, 9.17) is 25.5 Å². The van der Waals surface area contributed by atoms with Gasteiger partial charge in [-0.3, -0.25) is 4.79 Å². The second-order valence-corrected chi connectivity index (χ2v) is 7.28. The number of hydrogen-bond donors (Lipinski definition) is 2. The molecule has 0 fully saturated rings. The number of anilines is 1. The number of urea groups is 1. The number of hydrogen-bond acceptors (Lipinski definition) is 6. The van der Waals surface area contributed by atoms with Crippen molar-refractivity contribution in [1.29, 1.82) is 0 Å². The molecular formula is C22H31ClN4O5. The maximum Gasteiger partial charge on any atom is 0.322 e. The van der Waals surface area contributed by atoms with E-state index in [9.17, 15) is 9.59 Å². The molecular weight excluding hydrogens is 436 g/mol. The standard InChI is InChI=1S/C22H31ClN4O5/c1-3-30-12-6-10-24-21(28)19-16-32-20(26-19)15-27(11-7-13-31-4-2)22(29)25-18-9-5-8-17(23)14-18/h5,8-9,14,16H,3-4,6-7,10-13,15H2,1-2H3,(H,24,28)(H,25,29). The number of halogens is 1. The van der Waals surface area contributed by atoms with Crippen LogP contribution in [0.5, 0.6) is 0 Å². The summed E-state index contributed by atoms with van der Waals surface area (Å²) >= 11 is 6.00.